The quantitative estimate of drug-likeness (QED) is 0.902. The second-order valence-corrected chi connectivity index (χ2v) is 5.20. The Kier molecular flexibility index (Phi) is 4.68. The zero-order valence-corrected chi connectivity index (χ0v) is 12.8. The van der Waals surface area contributed by atoms with Crippen LogP contribution in [0.15, 0.2) is 41.1 Å². The van der Waals surface area contributed by atoms with Gasteiger partial charge in [-0.2, -0.15) is 0 Å². The summed E-state index contributed by atoms with van der Waals surface area (Å²) in [6.07, 6.45) is 3.01. The first-order chi connectivity index (χ1) is 9.60. The Morgan fingerprint density at radius 1 is 1.25 bits per heavy atom. The fourth-order valence-electron chi connectivity index (χ4n) is 1.70. The van der Waals surface area contributed by atoms with Crippen molar-refractivity contribution in [3.8, 4) is 0 Å². The van der Waals surface area contributed by atoms with Crippen LogP contribution in [0, 0.1) is 0 Å². The summed E-state index contributed by atoms with van der Waals surface area (Å²) in [5.41, 5.74) is 1.32. The normalized spacial score (nSPS) is 11.8. The number of rotatable bonds is 4. The van der Waals surface area contributed by atoms with Crippen molar-refractivity contribution in [2.45, 2.75) is 13.0 Å². The number of hydrogen-bond acceptors (Lipinski definition) is 4. The highest BCUT2D eigenvalue weighted by Crippen LogP contribution is 2.16. The molecule has 1 aromatic heterocycles. The zero-order chi connectivity index (χ0) is 14.5. The van der Waals surface area contributed by atoms with Gasteiger partial charge in [-0.25, -0.2) is 4.98 Å². The van der Waals surface area contributed by atoms with Gasteiger partial charge >= 0.3 is 0 Å². The second-order valence-electron chi connectivity index (χ2n) is 4.29. The molecule has 104 valence electrons. The Morgan fingerprint density at radius 2 is 1.95 bits per heavy atom. The van der Waals surface area contributed by atoms with E-state index >= 15 is 0 Å². The molecule has 2 rings (SSSR count). The number of benzene rings is 1. The highest BCUT2D eigenvalue weighted by molar-refractivity contribution is 9.10. The Hall–Kier alpha value is -1.95. The van der Waals surface area contributed by atoms with Gasteiger partial charge < -0.3 is 10.6 Å². The molecule has 0 fully saturated rings. The molecule has 1 heterocycles. The summed E-state index contributed by atoms with van der Waals surface area (Å²) in [4.78, 5) is 20.2. The van der Waals surface area contributed by atoms with E-state index in [-0.39, 0.29) is 11.9 Å². The number of anilines is 1. The average molecular weight is 335 g/mol. The lowest BCUT2D eigenvalue weighted by molar-refractivity contribution is 0.0934. The monoisotopic (exact) mass is 334 g/mol. The summed E-state index contributed by atoms with van der Waals surface area (Å²) in [7, 11) is 1.73. The lowest BCUT2D eigenvalue weighted by Gasteiger charge is -2.14. The van der Waals surface area contributed by atoms with E-state index in [1.54, 1.807) is 13.2 Å². The van der Waals surface area contributed by atoms with Gasteiger partial charge in [0.25, 0.3) is 5.91 Å². The van der Waals surface area contributed by atoms with Crippen molar-refractivity contribution in [3.63, 3.8) is 0 Å². The van der Waals surface area contributed by atoms with Crippen molar-refractivity contribution in [1.82, 2.24) is 15.3 Å². The smallest absolute Gasteiger partial charge is 0.272 e. The maximum absolute atomic E-state index is 12.1. The van der Waals surface area contributed by atoms with E-state index in [0.717, 1.165) is 10.0 Å². The van der Waals surface area contributed by atoms with E-state index < -0.39 is 0 Å². The molecule has 0 spiro atoms. The molecule has 0 aliphatic carbocycles. The fraction of sp³-hybridized carbons (Fsp3) is 0.214. The SMILES string of the molecule is CNc1cncc(C(=O)NC(C)c2ccc(Br)cc2)n1. The van der Waals surface area contributed by atoms with Gasteiger partial charge in [-0.05, 0) is 24.6 Å². The van der Waals surface area contributed by atoms with Crippen molar-refractivity contribution >= 4 is 27.7 Å². The standard InChI is InChI=1S/C14H15BrN4O/c1-9(10-3-5-11(15)6-4-10)18-14(20)12-7-17-8-13(16-2)19-12/h3-9H,1-2H3,(H,16,19)(H,18,20). The van der Waals surface area contributed by atoms with Crippen LogP contribution in [0.5, 0.6) is 0 Å². The predicted octanol–water partition coefficient (Wildman–Crippen LogP) is 2.77. The van der Waals surface area contributed by atoms with Crippen LogP contribution >= 0.6 is 15.9 Å². The van der Waals surface area contributed by atoms with Crippen LogP contribution in [0.2, 0.25) is 0 Å². The molecule has 0 saturated heterocycles. The molecular weight excluding hydrogens is 320 g/mol. The van der Waals surface area contributed by atoms with Crippen LogP contribution in [0.3, 0.4) is 0 Å². The molecule has 1 amide bonds. The van der Waals surface area contributed by atoms with Gasteiger partial charge in [0.15, 0.2) is 0 Å². The molecule has 20 heavy (non-hydrogen) atoms. The van der Waals surface area contributed by atoms with E-state index in [1.807, 2.05) is 31.2 Å². The molecule has 1 aromatic carbocycles. The third kappa shape index (κ3) is 3.54. The summed E-state index contributed by atoms with van der Waals surface area (Å²) in [6.45, 7) is 1.93. The molecule has 0 bridgehead atoms. The number of aromatic nitrogens is 2. The molecule has 1 atom stereocenters. The first kappa shape index (κ1) is 14.5. The van der Waals surface area contributed by atoms with Gasteiger partial charge in [0, 0.05) is 11.5 Å². The lowest BCUT2D eigenvalue weighted by Crippen LogP contribution is -2.27. The van der Waals surface area contributed by atoms with Gasteiger partial charge in [0.2, 0.25) is 0 Å². The number of carbonyl (C=O) groups excluding carboxylic acids is 1. The van der Waals surface area contributed by atoms with Gasteiger partial charge in [0.1, 0.15) is 11.5 Å². The van der Waals surface area contributed by atoms with Gasteiger partial charge in [-0.1, -0.05) is 28.1 Å². The number of carbonyl (C=O) groups is 1. The largest absolute Gasteiger partial charge is 0.372 e. The topological polar surface area (TPSA) is 66.9 Å². The summed E-state index contributed by atoms with van der Waals surface area (Å²) in [5, 5.41) is 5.75. The Morgan fingerprint density at radius 3 is 2.60 bits per heavy atom. The predicted molar refractivity (Wildman–Crippen MR) is 81.6 cm³/mol. The van der Waals surface area contributed by atoms with E-state index in [0.29, 0.717) is 11.5 Å². The number of nitrogens with one attached hydrogen (secondary N) is 2. The Bertz CT molecular complexity index is 600. The first-order valence-electron chi connectivity index (χ1n) is 6.16. The van der Waals surface area contributed by atoms with Crippen molar-refractivity contribution in [3.05, 3.63) is 52.4 Å². The third-order valence-electron chi connectivity index (χ3n) is 2.84. The molecule has 0 radical (unpaired) electrons. The van der Waals surface area contributed by atoms with E-state index in [1.165, 1.54) is 6.20 Å². The fourth-order valence-corrected chi connectivity index (χ4v) is 1.97. The molecule has 1 unspecified atom stereocenters. The van der Waals surface area contributed by atoms with Crippen molar-refractivity contribution in [2.75, 3.05) is 12.4 Å². The number of nitrogens with zero attached hydrogens (tertiary/aromatic N) is 2. The first-order valence-corrected chi connectivity index (χ1v) is 6.95. The molecule has 0 aliphatic rings. The summed E-state index contributed by atoms with van der Waals surface area (Å²) >= 11 is 3.39. The van der Waals surface area contributed by atoms with Crippen LogP contribution in [0.1, 0.15) is 29.0 Å². The van der Waals surface area contributed by atoms with Crippen molar-refractivity contribution in [1.29, 1.82) is 0 Å². The molecule has 0 aliphatic heterocycles. The molecule has 6 heteroatoms. The van der Waals surface area contributed by atoms with Gasteiger partial charge in [-0.3, -0.25) is 9.78 Å². The molecule has 2 aromatic rings. The van der Waals surface area contributed by atoms with Crippen LogP contribution < -0.4 is 10.6 Å². The second kappa shape index (κ2) is 6.47. The van der Waals surface area contributed by atoms with Crippen LogP contribution in [0.4, 0.5) is 5.82 Å². The van der Waals surface area contributed by atoms with Crippen molar-refractivity contribution < 1.29 is 4.79 Å². The van der Waals surface area contributed by atoms with E-state index in [2.05, 4.69) is 36.5 Å². The number of amides is 1. The minimum Gasteiger partial charge on any atom is -0.372 e. The maximum atomic E-state index is 12.1. The third-order valence-corrected chi connectivity index (χ3v) is 3.37. The lowest BCUT2D eigenvalue weighted by atomic mass is 10.1. The summed E-state index contributed by atoms with van der Waals surface area (Å²) in [5.74, 6) is 0.318. The molecular formula is C14H15BrN4O. The van der Waals surface area contributed by atoms with Crippen molar-refractivity contribution in [2.24, 2.45) is 0 Å². The van der Waals surface area contributed by atoms with E-state index in [4.69, 9.17) is 0 Å². The van der Waals surface area contributed by atoms with Crippen LogP contribution in [-0.2, 0) is 0 Å². The van der Waals surface area contributed by atoms with Gasteiger partial charge in [0.05, 0.1) is 18.4 Å². The number of hydrogen-bond donors (Lipinski definition) is 2. The maximum Gasteiger partial charge on any atom is 0.272 e. The van der Waals surface area contributed by atoms with E-state index in [9.17, 15) is 4.79 Å². The summed E-state index contributed by atoms with van der Waals surface area (Å²) in [6, 6.07) is 7.71. The summed E-state index contributed by atoms with van der Waals surface area (Å²) < 4.78 is 1.01. The minimum absolute atomic E-state index is 0.101. The zero-order valence-electron chi connectivity index (χ0n) is 11.2. The highest BCUT2D eigenvalue weighted by Gasteiger charge is 2.13. The molecule has 0 saturated carbocycles. The number of halogens is 1. The Labute approximate surface area is 126 Å². The minimum atomic E-state index is -0.245. The van der Waals surface area contributed by atoms with Crippen LogP contribution in [-0.4, -0.2) is 22.9 Å². The molecule has 2 N–H and O–H groups in total. The van der Waals surface area contributed by atoms with Crippen LogP contribution in [0.25, 0.3) is 0 Å². The van der Waals surface area contributed by atoms with Gasteiger partial charge in [-0.15, -0.1) is 0 Å². The average Bonchev–Trinajstić information content (AvgIpc) is 2.47. The Balaban J connectivity index is 2.08. The molecule has 5 nitrogen and oxygen atoms in total. The highest BCUT2D eigenvalue weighted by atomic mass is 79.9.